The Balaban J connectivity index is 1.65. The van der Waals surface area contributed by atoms with E-state index in [2.05, 4.69) is 4.99 Å². The number of carbonyl (C=O) groups excluding carboxylic acids is 1. The number of carbonyl (C=O) groups is 1. The second kappa shape index (κ2) is 6.61. The third-order valence-electron chi connectivity index (χ3n) is 3.77. The number of benzene rings is 2. The van der Waals surface area contributed by atoms with E-state index in [1.807, 2.05) is 18.2 Å². The molecule has 0 fully saturated rings. The quantitative estimate of drug-likeness (QED) is 0.606. The molecule has 0 N–H and O–H groups in total. The Morgan fingerprint density at radius 2 is 1.88 bits per heavy atom. The first kappa shape index (κ1) is 15.7. The molecule has 6 heteroatoms. The second-order valence-electron chi connectivity index (χ2n) is 5.60. The van der Waals surface area contributed by atoms with Crippen molar-refractivity contribution >= 4 is 29.5 Å². The molecule has 126 valence electrons. The van der Waals surface area contributed by atoms with Gasteiger partial charge in [-0.25, -0.2) is 9.79 Å². The van der Waals surface area contributed by atoms with Gasteiger partial charge in [-0.15, -0.1) is 0 Å². The number of hydrogen-bond donors (Lipinski definition) is 0. The van der Waals surface area contributed by atoms with E-state index >= 15 is 0 Å². The Labute approximate surface area is 149 Å². The van der Waals surface area contributed by atoms with Gasteiger partial charge in [-0.05, 0) is 42.0 Å². The molecule has 0 saturated carbocycles. The highest BCUT2D eigenvalue weighted by Crippen LogP contribution is 2.31. The highest BCUT2D eigenvalue weighted by atomic mass is 35.5. The maximum Gasteiger partial charge on any atom is 0.363 e. The topological polar surface area (TPSA) is 57.1 Å². The predicted octanol–water partition coefficient (Wildman–Crippen LogP) is 3.85. The molecule has 2 heterocycles. The molecule has 0 unspecified atom stereocenters. The van der Waals surface area contributed by atoms with Gasteiger partial charge in [-0.3, -0.25) is 0 Å². The number of fused-ring (bicyclic) bond motifs is 1. The van der Waals surface area contributed by atoms with E-state index < -0.39 is 5.97 Å². The van der Waals surface area contributed by atoms with Crippen LogP contribution in [0.25, 0.3) is 6.08 Å². The maximum atomic E-state index is 12.1. The van der Waals surface area contributed by atoms with Gasteiger partial charge in [0, 0.05) is 17.0 Å². The number of nitrogens with zero attached hydrogens (tertiary/aromatic N) is 1. The largest absolute Gasteiger partial charge is 0.490 e. The zero-order valence-corrected chi connectivity index (χ0v) is 14.0. The van der Waals surface area contributed by atoms with E-state index in [9.17, 15) is 4.79 Å². The van der Waals surface area contributed by atoms with Crippen molar-refractivity contribution in [3.63, 3.8) is 0 Å². The van der Waals surface area contributed by atoms with E-state index in [0.29, 0.717) is 35.3 Å². The van der Waals surface area contributed by atoms with Crippen LogP contribution in [0, 0.1) is 0 Å². The number of cyclic esters (lactones) is 1. The minimum atomic E-state index is -0.498. The van der Waals surface area contributed by atoms with Gasteiger partial charge in [-0.1, -0.05) is 23.7 Å². The molecule has 0 bridgehead atoms. The lowest BCUT2D eigenvalue weighted by Gasteiger charge is -2.07. The van der Waals surface area contributed by atoms with Crippen LogP contribution in [0.15, 0.2) is 53.2 Å². The first-order valence-electron chi connectivity index (χ1n) is 7.87. The molecule has 0 saturated heterocycles. The standard InChI is InChI=1S/C19H14ClNO4/c20-14-4-1-3-13(11-14)18-21-15(19(22)25-18)9-12-5-6-16-17(10-12)24-8-2-7-23-16/h1,3-6,9-11H,2,7-8H2/b15-9+. The van der Waals surface area contributed by atoms with Gasteiger partial charge < -0.3 is 14.2 Å². The minimum absolute atomic E-state index is 0.226. The summed E-state index contributed by atoms with van der Waals surface area (Å²) in [6.45, 7) is 1.24. The lowest BCUT2D eigenvalue weighted by molar-refractivity contribution is -0.129. The van der Waals surface area contributed by atoms with Gasteiger partial charge in [0.25, 0.3) is 0 Å². The lowest BCUT2D eigenvalue weighted by atomic mass is 10.1. The molecule has 25 heavy (non-hydrogen) atoms. The van der Waals surface area contributed by atoms with Crippen molar-refractivity contribution in [1.29, 1.82) is 0 Å². The van der Waals surface area contributed by atoms with E-state index in [-0.39, 0.29) is 11.6 Å². The Hall–Kier alpha value is -2.79. The average molecular weight is 356 g/mol. The highest BCUT2D eigenvalue weighted by Gasteiger charge is 2.24. The normalized spacial score (nSPS) is 17.9. The van der Waals surface area contributed by atoms with E-state index in [0.717, 1.165) is 12.0 Å². The summed E-state index contributed by atoms with van der Waals surface area (Å²) in [7, 11) is 0. The van der Waals surface area contributed by atoms with Crippen molar-refractivity contribution in [1.82, 2.24) is 0 Å². The van der Waals surface area contributed by atoms with Gasteiger partial charge in [0.15, 0.2) is 17.2 Å². The van der Waals surface area contributed by atoms with Crippen molar-refractivity contribution in [3.05, 3.63) is 64.3 Å². The van der Waals surface area contributed by atoms with Crippen LogP contribution < -0.4 is 9.47 Å². The molecule has 0 radical (unpaired) electrons. The summed E-state index contributed by atoms with van der Waals surface area (Å²) in [5.41, 5.74) is 1.67. The van der Waals surface area contributed by atoms with Crippen molar-refractivity contribution in [2.24, 2.45) is 4.99 Å². The number of esters is 1. The van der Waals surface area contributed by atoms with Crippen LogP contribution in [-0.2, 0) is 9.53 Å². The summed E-state index contributed by atoms with van der Waals surface area (Å²) < 4.78 is 16.5. The molecule has 4 rings (SSSR count). The molecule has 2 aromatic rings. The molecule has 5 nitrogen and oxygen atoms in total. The zero-order chi connectivity index (χ0) is 17.2. The fraction of sp³-hybridized carbons (Fsp3) is 0.158. The highest BCUT2D eigenvalue weighted by molar-refractivity contribution is 6.31. The van der Waals surface area contributed by atoms with Crippen LogP contribution in [0.5, 0.6) is 11.5 Å². The van der Waals surface area contributed by atoms with Crippen molar-refractivity contribution < 1.29 is 19.0 Å². The van der Waals surface area contributed by atoms with Crippen molar-refractivity contribution in [2.75, 3.05) is 13.2 Å². The molecule has 0 spiro atoms. The minimum Gasteiger partial charge on any atom is -0.490 e. The van der Waals surface area contributed by atoms with E-state index in [4.69, 9.17) is 25.8 Å². The smallest absolute Gasteiger partial charge is 0.363 e. The second-order valence-corrected chi connectivity index (χ2v) is 6.04. The van der Waals surface area contributed by atoms with Gasteiger partial charge in [0.05, 0.1) is 13.2 Å². The van der Waals surface area contributed by atoms with Crippen LogP contribution in [-0.4, -0.2) is 25.1 Å². The molecular weight excluding hydrogens is 342 g/mol. The Morgan fingerprint density at radius 3 is 2.72 bits per heavy atom. The SMILES string of the molecule is O=C1OC(c2cccc(Cl)c2)=N/C1=C/c1ccc2c(c1)OCCCO2. The monoisotopic (exact) mass is 355 g/mol. The van der Waals surface area contributed by atoms with Gasteiger partial charge >= 0.3 is 5.97 Å². The number of ether oxygens (including phenoxy) is 3. The van der Waals surface area contributed by atoms with Crippen molar-refractivity contribution in [2.45, 2.75) is 6.42 Å². The summed E-state index contributed by atoms with van der Waals surface area (Å²) in [5.74, 6) is 1.12. The summed E-state index contributed by atoms with van der Waals surface area (Å²) in [5, 5.41) is 0.552. The number of halogens is 1. The van der Waals surface area contributed by atoms with Crippen LogP contribution in [0.4, 0.5) is 0 Å². The molecule has 0 amide bonds. The molecule has 0 aliphatic carbocycles. The average Bonchev–Trinajstić information content (AvgIpc) is 2.82. The molecule has 0 atom stereocenters. The Bertz CT molecular complexity index is 904. The lowest BCUT2D eigenvalue weighted by Crippen LogP contribution is -2.05. The Morgan fingerprint density at radius 1 is 1.04 bits per heavy atom. The third kappa shape index (κ3) is 3.37. The predicted molar refractivity (Wildman–Crippen MR) is 94.1 cm³/mol. The summed E-state index contributed by atoms with van der Waals surface area (Å²) >= 11 is 5.97. The van der Waals surface area contributed by atoms with Crippen LogP contribution >= 0.6 is 11.6 Å². The van der Waals surface area contributed by atoms with Crippen LogP contribution in [0.1, 0.15) is 17.5 Å². The van der Waals surface area contributed by atoms with Crippen LogP contribution in [0.3, 0.4) is 0 Å². The fourth-order valence-electron chi connectivity index (χ4n) is 2.58. The summed E-state index contributed by atoms with van der Waals surface area (Å²) in [6.07, 6.45) is 2.50. The van der Waals surface area contributed by atoms with Gasteiger partial charge in [-0.2, -0.15) is 0 Å². The maximum absolute atomic E-state index is 12.1. The van der Waals surface area contributed by atoms with Gasteiger partial charge in [0.2, 0.25) is 5.90 Å². The molecule has 0 aromatic heterocycles. The first-order chi connectivity index (χ1) is 12.2. The van der Waals surface area contributed by atoms with E-state index in [1.165, 1.54) is 0 Å². The molecule has 2 aliphatic rings. The number of hydrogen-bond acceptors (Lipinski definition) is 5. The summed E-state index contributed by atoms with van der Waals surface area (Å²) in [4.78, 5) is 16.4. The van der Waals surface area contributed by atoms with Crippen LogP contribution in [0.2, 0.25) is 5.02 Å². The third-order valence-corrected chi connectivity index (χ3v) is 4.00. The van der Waals surface area contributed by atoms with Gasteiger partial charge in [0.1, 0.15) is 0 Å². The summed E-state index contributed by atoms with van der Waals surface area (Å²) in [6, 6.07) is 12.5. The molecule has 2 aliphatic heterocycles. The molecule has 2 aromatic carbocycles. The Kier molecular flexibility index (Phi) is 4.15. The van der Waals surface area contributed by atoms with E-state index in [1.54, 1.807) is 30.3 Å². The zero-order valence-electron chi connectivity index (χ0n) is 13.2. The number of aliphatic imine (C=N–C) groups is 1. The molecular formula is C19H14ClNO4. The van der Waals surface area contributed by atoms with Crippen molar-refractivity contribution in [3.8, 4) is 11.5 Å². The fourth-order valence-corrected chi connectivity index (χ4v) is 2.77. The first-order valence-corrected chi connectivity index (χ1v) is 8.25. The number of rotatable bonds is 2.